The highest BCUT2D eigenvalue weighted by Crippen LogP contribution is 2.20. The van der Waals surface area contributed by atoms with E-state index in [4.69, 9.17) is 4.74 Å². The Labute approximate surface area is 124 Å². The Bertz CT molecular complexity index is 477. The van der Waals surface area contributed by atoms with Crippen LogP contribution in [0.3, 0.4) is 0 Å². The van der Waals surface area contributed by atoms with Crippen LogP contribution < -0.4 is 0 Å². The van der Waals surface area contributed by atoms with Crippen LogP contribution in [0.4, 0.5) is 8.78 Å². The maximum Gasteiger partial charge on any atom is 0.127 e. The van der Waals surface area contributed by atoms with E-state index in [2.05, 4.69) is 9.80 Å². The molecule has 3 rings (SSSR count). The summed E-state index contributed by atoms with van der Waals surface area (Å²) in [6.07, 6.45) is 2.29. The third kappa shape index (κ3) is 3.78. The molecule has 2 fully saturated rings. The van der Waals surface area contributed by atoms with E-state index in [-0.39, 0.29) is 11.6 Å². The number of rotatable bonds is 3. The molecule has 0 bridgehead atoms. The molecule has 3 nitrogen and oxygen atoms in total. The van der Waals surface area contributed by atoms with Crippen LogP contribution in [0.15, 0.2) is 18.2 Å². The van der Waals surface area contributed by atoms with Crippen molar-refractivity contribution in [2.75, 3.05) is 39.4 Å². The van der Waals surface area contributed by atoms with Crippen LogP contribution in [0.1, 0.15) is 18.4 Å². The number of ether oxygens (including phenoxy) is 1. The molecule has 2 aliphatic rings. The first kappa shape index (κ1) is 14.9. The highest BCUT2D eigenvalue weighted by molar-refractivity contribution is 5.18. The molecule has 0 N–H and O–H groups in total. The predicted molar refractivity (Wildman–Crippen MR) is 77.0 cm³/mol. The lowest BCUT2D eigenvalue weighted by molar-refractivity contribution is -0.00369. The van der Waals surface area contributed by atoms with Gasteiger partial charge in [-0.2, -0.15) is 0 Å². The molecule has 1 atom stereocenters. The normalized spacial score (nSPS) is 25.1. The summed E-state index contributed by atoms with van der Waals surface area (Å²) in [5.74, 6) is -0.682. The summed E-state index contributed by atoms with van der Waals surface area (Å²) in [5, 5.41) is 0. The van der Waals surface area contributed by atoms with Crippen molar-refractivity contribution >= 4 is 0 Å². The van der Waals surface area contributed by atoms with Crippen LogP contribution in [0.5, 0.6) is 0 Å². The van der Waals surface area contributed by atoms with Gasteiger partial charge in [-0.3, -0.25) is 9.80 Å². The monoisotopic (exact) mass is 296 g/mol. The molecule has 0 aromatic heterocycles. The van der Waals surface area contributed by atoms with Crippen LogP contribution in [-0.2, 0) is 11.3 Å². The number of morpholine rings is 1. The van der Waals surface area contributed by atoms with Gasteiger partial charge in [0.05, 0.1) is 13.2 Å². The fraction of sp³-hybridized carbons (Fsp3) is 0.625. The molecular formula is C16H22F2N2O. The van der Waals surface area contributed by atoms with E-state index in [1.807, 2.05) is 0 Å². The molecular weight excluding hydrogens is 274 g/mol. The zero-order valence-corrected chi connectivity index (χ0v) is 12.2. The number of likely N-dealkylation sites (tertiary alicyclic amines) is 1. The van der Waals surface area contributed by atoms with Crippen LogP contribution >= 0.6 is 0 Å². The van der Waals surface area contributed by atoms with Crippen molar-refractivity contribution in [3.63, 3.8) is 0 Å². The number of hydrogen-bond acceptors (Lipinski definition) is 3. The molecule has 0 spiro atoms. The maximum absolute atomic E-state index is 13.8. The number of piperidine rings is 1. The maximum atomic E-state index is 13.8. The first-order valence-corrected chi connectivity index (χ1v) is 7.70. The van der Waals surface area contributed by atoms with Crippen LogP contribution in [-0.4, -0.2) is 55.2 Å². The minimum atomic E-state index is -0.367. The van der Waals surface area contributed by atoms with E-state index in [1.165, 1.54) is 24.6 Å². The van der Waals surface area contributed by atoms with Gasteiger partial charge in [-0.1, -0.05) is 0 Å². The summed E-state index contributed by atoms with van der Waals surface area (Å²) in [7, 11) is 0. The quantitative estimate of drug-likeness (QED) is 0.851. The van der Waals surface area contributed by atoms with Gasteiger partial charge in [0.25, 0.3) is 0 Å². The fourth-order valence-electron chi connectivity index (χ4n) is 3.32. The largest absolute Gasteiger partial charge is 0.379 e. The first-order chi connectivity index (χ1) is 10.2. The van der Waals surface area contributed by atoms with E-state index >= 15 is 0 Å². The minimum absolute atomic E-state index is 0.315. The highest BCUT2D eigenvalue weighted by Gasteiger charge is 2.26. The molecule has 0 saturated carbocycles. The molecule has 2 saturated heterocycles. The number of nitrogens with zero attached hydrogens (tertiary/aromatic N) is 2. The third-order valence-electron chi connectivity index (χ3n) is 4.44. The highest BCUT2D eigenvalue weighted by atomic mass is 19.1. The van der Waals surface area contributed by atoms with E-state index < -0.39 is 0 Å². The summed E-state index contributed by atoms with van der Waals surface area (Å²) >= 11 is 0. The van der Waals surface area contributed by atoms with E-state index in [1.54, 1.807) is 0 Å². The van der Waals surface area contributed by atoms with Crippen molar-refractivity contribution in [3.05, 3.63) is 35.4 Å². The molecule has 1 aromatic carbocycles. The topological polar surface area (TPSA) is 15.7 Å². The van der Waals surface area contributed by atoms with Crippen molar-refractivity contribution in [1.29, 1.82) is 0 Å². The summed E-state index contributed by atoms with van der Waals surface area (Å²) < 4.78 is 32.4. The molecule has 0 radical (unpaired) electrons. The van der Waals surface area contributed by atoms with Crippen molar-refractivity contribution in [2.24, 2.45) is 0 Å². The van der Waals surface area contributed by atoms with Gasteiger partial charge in [-0.25, -0.2) is 8.78 Å². The Morgan fingerprint density at radius 2 is 1.95 bits per heavy atom. The third-order valence-corrected chi connectivity index (χ3v) is 4.44. The summed E-state index contributed by atoms with van der Waals surface area (Å²) in [6, 6.07) is 4.21. The Morgan fingerprint density at radius 3 is 2.76 bits per heavy atom. The SMILES string of the molecule is Fc1ccc(F)c(CN2CCCC(N3CCOCC3)C2)c1. The lowest BCUT2D eigenvalue weighted by atomic mass is 10.0. The lowest BCUT2D eigenvalue weighted by Crippen LogP contribution is -2.51. The van der Waals surface area contributed by atoms with E-state index in [0.717, 1.165) is 45.8 Å². The second kappa shape index (κ2) is 6.81. The van der Waals surface area contributed by atoms with Crippen LogP contribution in [0.2, 0.25) is 0 Å². The van der Waals surface area contributed by atoms with Crippen LogP contribution in [0, 0.1) is 11.6 Å². The average molecular weight is 296 g/mol. The van der Waals surface area contributed by atoms with E-state index in [0.29, 0.717) is 18.2 Å². The summed E-state index contributed by atoms with van der Waals surface area (Å²) in [4.78, 5) is 4.71. The lowest BCUT2D eigenvalue weighted by Gasteiger charge is -2.40. The van der Waals surface area contributed by atoms with Gasteiger partial charge in [0.1, 0.15) is 11.6 Å². The number of benzene rings is 1. The molecule has 21 heavy (non-hydrogen) atoms. The molecule has 1 aromatic rings. The molecule has 2 aliphatic heterocycles. The Balaban J connectivity index is 1.61. The fourth-order valence-corrected chi connectivity index (χ4v) is 3.32. The van der Waals surface area contributed by atoms with Crippen molar-refractivity contribution < 1.29 is 13.5 Å². The minimum Gasteiger partial charge on any atom is -0.379 e. The number of hydrogen-bond donors (Lipinski definition) is 0. The zero-order chi connectivity index (χ0) is 14.7. The van der Waals surface area contributed by atoms with Gasteiger partial charge in [-0.05, 0) is 37.6 Å². The second-order valence-electron chi connectivity index (χ2n) is 5.92. The molecule has 0 amide bonds. The van der Waals surface area contributed by atoms with Gasteiger partial charge < -0.3 is 4.74 Å². The zero-order valence-electron chi connectivity index (χ0n) is 12.2. The van der Waals surface area contributed by atoms with Crippen molar-refractivity contribution in [1.82, 2.24) is 9.80 Å². The smallest absolute Gasteiger partial charge is 0.127 e. The molecule has 116 valence electrons. The average Bonchev–Trinajstić information content (AvgIpc) is 2.52. The molecule has 1 unspecified atom stereocenters. The summed E-state index contributed by atoms with van der Waals surface area (Å²) in [6.45, 7) is 5.93. The van der Waals surface area contributed by atoms with Crippen molar-refractivity contribution in [2.45, 2.75) is 25.4 Å². The van der Waals surface area contributed by atoms with Gasteiger partial charge in [0.2, 0.25) is 0 Å². The van der Waals surface area contributed by atoms with Gasteiger partial charge >= 0.3 is 0 Å². The van der Waals surface area contributed by atoms with Crippen LogP contribution in [0.25, 0.3) is 0 Å². The molecule has 5 heteroatoms. The Morgan fingerprint density at radius 1 is 1.14 bits per heavy atom. The van der Waals surface area contributed by atoms with E-state index in [9.17, 15) is 8.78 Å². The van der Waals surface area contributed by atoms with Gasteiger partial charge in [0, 0.05) is 37.8 Å². The van der Waals surface area contributed by atoms with Gasteiger partial charge in [0.15, 0.2) is 0 Å². The predicted octanol–water partition coefficient (Wildman–Crippen LogP) is 2.26. The molecule has 0 aliphatic carbocycles. The van der Waals surface area contributed by atoms with Gasteiger partial charge in [-0.15, -0.1) is 0 Å². The Hall–Kier alpha value is -1.04. The number of halogens is 2. The van der Waals surface area contributed by atoms with Crippen molar-refractivity contribution in [3.8, 4) is 0 Å². The second-order valence-corrected chi connectivity index (χ2v) is 5.92. The first-order valence-electron chi connectivity index (χ1n) is 7.70. The summed E-state index contributed by atoms with van der Waals surface area (Å²) in [5.41, 5.74) is 0.456. The standard InChI is InChI=1S/C16H22F2N2O/c17-14-3-4-16(18)13(10-14)11-19-5-1-2-15(12-19)20-6-8-21-9-7-20/h3-4,10,15H,1-2,5-9,11-12H2. The molecule has 2 heterocycles. The Kier molecular flexibility index (Phi) is 4.83.